The van der Waals surface area contributed by atoms with E-state index < -0.39 is 6.04 Å². The number of carbonyl (C=O) groups excluding carboxylic acids is 1. The van der Waals surface area contributed by atoms with Crippen molar-refractivity contribution in [2.24, 2.45) is 0 Å². The van der Waals surface area contributed by atoms with Crippen molar-refractivity contribution in [2.45, 2.75) is 31.4 Å². The minimum atomic E-state index is -0.737. The zero-order valence-electron chi connectivity index (χ0n) is 10.7. The Morgan fingerprint density at radius 1 is 1.50 bits per heavy atom. The second-order valence-corrected chi connectivity index (χ2v) is 5.46. The average Bonchev–Trinajstić information content (AvgIpc) is 2.92. The monoisotopic (exact) mass is 312 g/mol. The maximum absolute atomic E-state index is 11.9. The molecule has 0 spiro atoms. The normalized spacial score (nSPS) is 19.4. The van der Waals surface area contributed by atoms with E-state index >= 15 is 0 Å². The van der Waals surface area contributed by atoms with E-state index in [4.69, 9.17) is 27.9 Å². The third kappa shape index (κ3) is 3.86. The van der Waals surface area contributed by atoms with E-state index in [-0.39, 0.29) is 18.4 Å². The van der Waals surface area contributed by atoms with Gasteiger partial charge in [0.15, 0.2) is 0 Å². The van der Waals surface area contributed by atoms with Gasteiger partial charge in [0.05, 0.1) is 28.6 Å². The highest BCUT2D eigenvalue weighted by Gasteiger charge is 2.21. The molecule has 6 heteroatoms. The first kappa shape index (κ1) is 15.1. The maximum atomic E-state index is 11.9. The number of hydrogen-bond donors (Lipinski definition) is 1. The quantitative estimate of drug-likeness (QED) is 0.928. The smallest absolute Gasteiger partial charge is 0.223 e. The maximum Gasteiger partial charge on any atom is 0.223 e. The molecule has 1 saturated heterocycles. The highest BCUT2D eigenvalue weighted by Crippen LogP contribution is 2.25. The summed E-state index contributed by atoms with van der Waals surface area (Å²) in [5.41, 5.74) is 0.614. The first-order chi connectivity index (χ1) is 9.60. The fourth-order valence-corrected chi connectivity index (χ4v) is 2.42. The van der Waals surface area contributed by atoms with Crippen LogP contribution in [0.2, 0.25) is 10.0 Å². The fraction of sp³-hybridized carbons (Fsp3) is 0.429. The number of hydrogen-bond acceptors (Lipinski definition) is 3. The van der Waals surface area contributed by atoms with Gasteiger partial charge in [-0.3, -0.25) is 4.79 Å². The van der Waals surface area contributed by atoms with Gasteiger partial charge in [-0.25, -0.2) is 0 Å². The second-order valence-electron chi connectivity index (χ2n) is 4.64. The van der Waals surface area contributed by atoms with E-state index in [0.717, 1.165) is 12.8 Å². The number of nitrogens with zero attached hydrogens (tertiary/aromatic N) is 1. The van der Waals surface area contributed by atoms with E-state index in [0.29, 0.717) is 22.2 Å². The number of benzene rings is 1. The Kier molecular flexibility index (Phi) is 5.24. The fourth-order valence-electron chi connectivity index (χ4n) is 2.11. The lowest BCUT2D eigenvalue weighted by Crippen LogP contribution is -2.30. The van der Waals surface area contributed by atoms with Crippen LogP contribution in [0.3, 0.4) is 0 Å². The standard InChI is InChI=1S/C14H14Cl2N2O2/c15-11-4-3-9(6-12(11)16)13(8-17)18-14(19)7-10-2-1-5-20-10/h3-4,6,10,13H,1-2,5,7H2,(H,18,19)/t10-,13-/m0/s1. The van der Waals surface area contributed by atoms with Crippen molar-refractivity contribution in [1.29, 1.82) is 5.26 Å². The largest absolute Gasteiger partial charge is 0.378 e. The Hall–Kier alpha value is -1.28. The van der Waals surface area contributed by atoms with Crippen LogP contribution in [-0.4, -0.2) is 18.6 Å². The number of nitriles is 1. The highest BCUT2D eigenvalue weighted by molar-refractivity contribution is 6.42. The molecule has 106 valence electrons. The molecule has 4 nitrogen and oxygen atoms in total. The van der Waals surface area contributed by atoms with E-state index in [1.54, 1.807) is 18.2 Å². The van der Waals surface area contributed by atoms with Crippen LogP contribution in [0.25, 0.3) is 0 Å². The number of amides is 1. The van der Waals surface area contributed by atoms with Crippen molar-refractivity contribution in [2.75, 3.05) is 6.61 Å². The number of ether oxygens (including phenoxy) is 1. The van der Waals surface area contributed by atoms with Crippen molar-refractivity contribution < 1.29 is 9.53 Å². The third-order valence-electron chi connectivity index (χ3n) is 3.15. The molecule has 1 aliphatic heterocycles. The summed E-state index contributed by atoms with van der Waals surface area (Å²) in [4.78, 5) is 11.9. The van der Waals surface area contributed by atoms with Crippen LogP contribution in [-0.2, 0) is 9.53 Å². The first-order valence-corrected chi connectivity index (χ1v) is 7.11. The van der Waals surface area contributed by atoms with Crippen molar-refractivity contribution in [3.05, 3.63) is 33.8 Å². The number of rotatable bonds is 4. The molecule has 1 aromatic rings. The molecule has 2 atom stereocenters. The molecule has 2 rings (SSSR count). The Balaban J connectivity index is 1.99. The molecule has 1 fully saturated rings. The number of carbonyl (C=O) groups is 1. The predicted octanol–water partition coefficient (Wildman–Crippen LogP) is 3.24. The zero-order valence-corrected chi connectivity index (χ0v) is 12.2. The Labute approximate surface area is 127 Å². The predicted molar refractivity (Wildman–Crippen MR) is 76.5 cm³/mol. The molecular formula is C14H14Cl2N2O2. The van der Waals surface area contributed by atoms with Gasteiger partial charge in [0.1, 0.15) is 6.04 Å². The zero-order chi connectivity index (χ0) is 14.5. The minimum absolute atomic E-state index is 0.0388. The Morgan fingerprint density at radius 2 is 2.30 bits per heavy atom. The SMILES string of the molecule is N#C[C@H](NC(=O)C[C@@H]1CCCO1)c1ccc(Cl)c(Cl)c1. The van der Waals surface area contributed by atoms with Crippen LogP contribution < -0.4 is 5.32 Å². The van der Waals surface area contributed by atoms with Gasteiger partial charge in [0, 0.05) is 6.61 Å². The van der Waals surface area contributed by atoms with Crippen LogP contribution in [0.4, 0.5) is 0 Å². The molecule has 1 aliphatic rings. The highest BCUT2D eigenvalue weighted by atomic mass is 35.5. The molecule has 0 aliphatic carbocycles. The molecule has 20 heavy (non-hydrogen) atoms. The van der Waals surface area contributed by atoms with Gasteiger partial charge in [-0.15, -0.1) is 0 Å². The summed E-state index contributed by atoms with van der Waals surface area (Å²) in [7, 11) is 0. The summed E-state index contributed by atoms with van der Waals surface area (Å²) in [6.07, 6.45) is 2.10. The van der Waals surface area contributed by atoms with Crippen molar-refractivity contribution in [1.82, 2.24) is 5.32 Å². The van der Waals surface area contributed by atoms with Gasteiger partial charge in [0.25, 0.3) is 0 Å². The van der Waals surface area contributed by atoms with Crippen LogP contribution in [0.5, 0.6) is 0 Å². The topological polar surface area (TPSA) is 62.1 Å². The third-order valence-corrected chi connectivity index (χ3v) is 3.89. The van der Waals surface area contributed by atoms with Crippen molar-refractivity contribution >= 4 is 29.1 Å². The van der Waals surface area contributed by atoms with Gasteiger partial charge < -0.3 is 10.1 Å². The minimum Gasteiger partial charge on any atom is -0.378 e. The van der Waals surface area contributed by atoms with E-state index in [1.807, 2.05) is 6.07 Å². The lowest BCUT2D eigenvalue weighted by Gasteiger charge is -2.14. The summed E-state index contributed by atoms with van der Waals surface area (Å²) < 4.78 is 5.40. The molecule has 1 amide bonds. The van der Waals surface area contributed by atoms with Gasteiger partial charge in [-0.1, -0.05) is 29.3 Å². The lowest BCUT2D eigenvalue weighted by molar-refractivity contribution is -0.123. The van der Waals surface area contributed by atoms with Crippen LogP contribution in [0.15, 0.2) is 18.2 Å². The Bertz CT molecular complexity index is 536. The Morgan fingerprint density at radius 3 is 2.90 bits per heavy atom. The van der Waals surface area contributed by atoms with Crippen molar-refractivity contribution in [3.63, 3.8) is 0 Å². The molecule has 1 aromatic carbocycles. The van der Waals surface area contributed by atoms with Crippen LogP contribution >= 0.6 is 23.2 Å². The number of halogens is 2. The van der Waals surface area contributed by atoms with E-state index in [1.165, 1.54) is 0 Å². The molecule has 1 N–H and O–H groups in total. The summed E-state index contributed by atoms with van der Waals surface area (Å²) in [5.74, 6) is -0.200. The molecule has 0 radical (unpaired) electrons. The lowest BCUT2D eigenvalue weighted by atomic mass is 10.1. The van der Waals surface area contributed by atoms with Gasteiger partial charge in [-0.05, 0) is 30.5 Å². The molecule has 1 heterocycles. The molecule has 0 saturated carbocycles. The van der Waals surface area contributed by atoms with Crippen LogP contribution in [0.1, 0.15) is 30.9 Å². The van der Waals surface area contributed by atoms with E-state index in [2.05, 4.69) is 5.32 Å². The average molecular weight is 313 g/mol. The molecule has 0 bridgehead atoms. The summed E-state index contributed by atoms with van der Waals surface area (Å²) in [6, 6.07) is 6.18. The van der Waals surface area contributed by atoms with Gasteiger partial charge >= 0.3 is 0 Å². The van der Waals surface area contributed by atoms with Gasteiger partial charge in [-0.2, -0.15) is 5.26 Å². The van der Waals surface area contributed by atoms with Gasteiger partial charge in [0.2, 0.25) is 5.91 Å². The summed E-state index contributed by atoms with van der Waals surface area (Å²) in [6.45, 7) is 0.701. The van der Waals surface area contributed by atoms with Crippen molar-refractivity contribution in [3.8, 4) is 6.07 Å². The van der Waals surface area contributed by atoms with Crippen LogP contribution in [0, 0.1) is 11.3 Å². The molecule has 0 aromatic heterocycles. The van der Waals surface area contributed by atoms with E-state index in [9.17, 15) is 10.1 Å². The summed E-state index contributed by atoms with van der Waals surface area (Å²) in [5, 5.41) is 12.6. The number of nitrogens with one attached hydrogen (secondary N) is 1. The second kappa shape index (κ2) is 6.94. The first-order valence-electron chi connectivity index (χ1n) is 6.35. The molecular weight excluding hydrogens is 299 g/mol. The molecule has 0 unspecified atom stereocenters. The summed E-state index contributed by atoms with van der Waals surface area (Å²) >= 11 is 11.7.